The normalized spacial score (nSPS) is 52.6. The summed E-state index contributed by atoms with van der Waals surface area (Å²) in [5.41, 5.74) is 0.382. The van der Waals surface area contributed by atoms with Gasteiger partial charge in [0, 0.05) is 12.8 Å². The molecular weight excluding hydrogens is 272 g/mol. The molecule has 22 heavy (non-hydrogen) atoms. The molecule has 0 aromatic carbocycles. The van der Waals surface area contributed by atoms with E-state index in [1.807, 2.05) is 6.92 Å². The maximum atomic E-state index is 11.8. The molecule has 2 heteroatoms. The van der Waals surface area contributed by atoms with Crippen LogP contribution in [0.15, 0.2) is 0 Å². The number of aliphatic hydroxyl groups excluding tert-OH is 1. The standard InChI is InChI=1S/C20H32O2/c1-12(21)18-7-8-19-17-5-3-13-11-14(22)4-6-15(13)16(17)9-10-20(18,19)2/h12-13,15-19,21H,3-11H2,1-2H3/t12-,13-,15+,16-,17-,18-,19+,20-/m1/s1. The van der Waals surface area contributed by atoms with Gasteiger partial charge >= 0.3 is 0 Å². The van der Waals surface area contributed by atoms with Crippen LogP contribution in [0.25, 0.3) is 0 Å². The Labute approximate surface area is 135 Å². The van der Waals surface area contributed by atoms with Crippen LogP contribution in [0.4, 0.5) is 0 Å². The minimum absolute atomic E-state index is 0.143. The van der Waals surface area contributed by atoms with Crippen LogP contribution in [0.5, 0.6) is 0 Å². The van der Waals surface area contributed by atoms with E-state index in [2.05, 4.69) is 6.92 Å². The van der Waals surface area contributed by atoms with Crippen molar-refractivity contribution >= 4 is 5.78 Å². The Kier molecular flexibility index (Phi) is 3.67. The summed E-state index contributed by atoms with van der Waals surface area (Å²) in [5.74, 6) is 5.20. The summed E-state index contributed by atoms with van der Waals surface area (Å²) in [4.78, 5) is 11.8. The minimum atomic E-state index is -0.143. The van der Waals surface area contributed by atoms with Gasteiger partial charge in [0.1, 0.15) is 5.78 Å². The van der Waals surface area contributed by atoms with Crippen molar-refractivity contribution in [2.75, 3.05) is 0 Å². The number of carbonyl (C=O) groups is 1. The third kappa shape index (κ3) is 2.12. The highest BCUT2D eigenvalue weighted by atomic mass is 16.3. The van der Waals surface area contributed by atoms with Crippen LogP contribution >= 0.6 is 0 Å². The van der Waals surface area contributed by atoms with E-state index >= 15 is 0 Å². The summed E-state index contributed by atoms with van der Waals surface area (Å²) in [6.07, 6.45) is 10.6. The smallest absolute Gasteiger partial charge is 0.133 e. The lowest BCUT2D eigenvalue weighted by Crippen LogP contribution is -2.49. The molecule has 0 aromatic heterocycles. The van der Waals surface area contributed by atoms with Gasteiger partial charge in [0.15, 0.2) is 0 Å². The van der Waals surface area contributed by atoms with Crippen LogP contribution in [0.1, 0.15) is 71.6 Å². The lowest BCUT2D eigenvalue weighted by molar-refractivity contribution is -0.128. The van der Waals surface area contributed by atoms with E-state index in [4.69, 9.17) is 0 Å². The molecule has 0 heterocycles. The fourth-order valence-corrected chi connectivity index (χ4v) is 7.49. The molecule has 0 aliphatic heterocycles. The van der Waals surface area contributed by atoms with Gasteiger partial charge in [-0.05, 0) is 92.8 Å². The molecule has 4 aliphatic rings. The van der Waals surface area contributed by atoms with Crippen molar-refractivity contribution in [1.82, 2.24) is 0 Å². The zero-order valence-corrected chi connectivity index (χ0v) is 14.3. The van der Waals surface area contributed by atoms with E-state index in [-0.39, 0.29) is 6.10 Å². The summed E-state index contributed by atoms with van der Waals surface area (Å²) < 4.78 is 0. The fraction of sp³-hybridized carbons (Fsp3) is 0.950. The van der Waals surface area contributed by atoms with E-state index in [0.29, 0.717) is 23.0 Å². The van der Waals surface area contributed by atoms with Crippen LogP contribution < -0.4 is 0 Å². The van der Waals surface area contributed by atoms with E-state index in [9.17, 15) is 9.90 Å². The Balaban J connectivity index is 1.56. The SMILES string of the molecule is C[C@@H](O)[C@H]1CC[C@H]2[C@@H]3CC[C@@H]4CC(=O)CC[C@@H]4[C@H]3CC[C@]12C. The summed E-state index contributed by atoms with van der Waals surface area (Å²) in [7, 11) is 0. The van der Waals surface area contributed by atoms with E-state index in [1.165, 1.54) is 44.9 Å². The first kappa shape index (κ1) is 15.2. The number of Topliss-reactive ketones (excluding diaryl/α,β-unsaturated/α-hetero) is 1. The van der Waals surface area contributed by atoms with Gasteiger partial charge in [0.2, 0.25) is 0 Å². The second-order valence-electron chi connectivity index (χ2n) is 9.19. The Hall–Kier alpha value is -0.370. The molecule has 124 valence electrons. The minimum Gasteiger partial charge on any atom is -0.393 e. The first-order valence-corrected chi connectivity index (χ1v) is 9.70. The predicted molar refractivity (Wildman–Crippen MR) is 87.3 cm³/mol. The Morgan fingerprint density at radius 1 is 1.05 bits per heavy atom. The number of hydrogen-bond acceptors (Lipinski definition) is 2. The quantitative estimate of drug-likeness (QED) is 0.788. The van der Waals surface area contributed by atoms with Crippen molar-refractivity contribution in [3.63, 3.8) is 0 Å². The largest absolute Gasteiger partial charge is 0.393 e. The topological polar surface area (TPSA) is 37.3 Å². The van der Waals surface area contributed by atoms with Gasteiger partial charge in [-0.1, -0.05) is 6.92 Å². The van der Waals surface area contributed by atoms with Gasteiger partial charge in [0.05, 0.1) is 6.10 Å². The van der Waals surface area contributed by atoms with Crippen molar-refractivity contribution in [1.29, 1.82) is 0 Å². The summed E-state index contributed by atoms with van der Waals surface area (Å²) in [6.45, 7) is 4.49. The maximum Gasteiger partial charge on any atom is 0.133 e. The Bertz CT molecular complexity index is 457. The molecule has 0 bridgehead atoms. The number of carbonyl (C=O) groups excluding carboxylic acids is 1. The average molecular weight is 304 g/mol. The molecule has 4 rings (SSSR count). The average Bonchev–Trinajstić information content (AvgIpc) is 2.84. The third-order valence-electron chi connectivity index (χ3n) is 8.42. The maximum absolute atomic E-state index is 11.8. The van der Waals surface area contributed by atoms with E-state index in [0.717, 1.165) is 36.5 Å². The molecule has 0 unspecified atom stereocenters. The Morgan fingerprint density at radius 3 is 2.64 bits per heavy atom. The molecular formula is C20H32O2. The highest BCUT2D eigenvalue weighted by Gasteiger charge is 2.57. The predicted octanol–water partition coefficient (Wildman–Crippen LogP) is 4.21. The van der Waals surface area contributed by atoms with Crippen molar-refractivity contribution in [3.8, 4) is 0 Å². The van der Waals surface area contributed by atoms with Gasteiger partial charge in [-0.2, -0.15) is 0 Å². The zero-order valence-electron chi connectivity index (χ0n) is 14.3. The van der Waals surface area contributed by atoms with Crippen molar-refractivity contribution < 1.29 is 9.90 Å². The number of rotatable bonds is 1. The van der Waals surface area contributed by atoms with E-state index in [1.54, 1.807) is 0 Å². The van der Waals surface area contributed by atoms with E-state index < -0.39 is 0 Å². The van der Waals surface area contributed by atoms with Crippen LogP contribution in [0.3, 0.4) is 0 Å². The van der Waals surface area contributed by atoms with Crippen LogP contribution in [0.2, 0.25) is 0 Å². The molecule has 0 amide bonds. The first-order chi connectivity index (χ1) is 10.5. The van der Waals surface area contributed by atoms with Gasteiger partial charge < -0.3 is 5.11 Å². The molecule has 2 nitrogen and oxygen atoms in total. The Morgan fingerprint density at radius 2 is 1.86 bits per heavy atom. The molecule has 8 atom stereocenters. The second kappa shape index (κ2) is 5.33. The highest BCUT2D eigenvalue weighted by Crippen LogP contribution is 2.64. The first-order valence-electron chi connectivity index (χ1n) is 9.70. The summed E-state index contributed by atoms with van der Waals surface area (Å²) in [6, 6.07) is 0. The highest BCUT2D eigenvalue weighted by molar-refractivity contribution is 5.79. The molecule has 1 N–H and O–H groups in total. The lowest BCUT2D eigenvalue weighted by atomic mass is 9.49. The van der Waals surface area contributed by atoms with Crippen molar-refractivity contribution in [2.24, 2.45) is 40.9 Å². The number of fused-ring (bicyclic) bond motifs is 5. The van der Waals surface area contributed by atoms with Gasteiger partial charge in [-0.3, -0.25) is 4.79 Å². The van der Waals surface area contributed by atoms with Crippen molar-refractivity contribution in [2.45, 2.75) is 77.7 Å². The van der Waals surface area contributed by atoms with Crippen LogP contribution in [0, 0.1) is 40.9 Å². The van der Waals surface area contributed by atoms with Crippen LogP contribution in [-0.4, -0.2) is 17.0 Å². The fourth-order valence-electron chi connectivity index (χ4n) is 7.49. The molecule has 0 radical (unpaired) electrons. The number of aliphatic hydroxyl groups is 1. The molecule has 0 aromatic rings. The zero-order chi connectivity index (χ0) is 15.5. The van der Waals surface area contributed by atoms with Gasteiger partial charge in [0.25, 0.3) is 0 Å². The third-order valence-corrected chi connectivity index (χ3v) is 8.42. The molecule has 4 saturated carbocycles. The summed E-state index contributed by atoms with van der Waals surface area (Å²) >= 11 is 0. The van der Waals surface area contributed by atoms with Crippen molar-refractivity contribution in [3.05, 3.63) is 0 Å². The molecule has 4 aliphatic carbocycles. The second-order valence-corrected chi connectivity index (χ2v) is 9.19. The molecule has 0 saturated heterocycles. The molecule has 0 spiro atoms. The number of ketones is 1. The number of hydrogen-bond donors (Lipinski definition) is 1. The van der Waals surface area contributed by atoms with Crippen LogP contribution in [-0.2, 0) is 4.79 Å². The molecule has 4 fully saturated rings. The monoisotopic (exact) mass is 304 g/mol. The lowest BCUT2D eigenvalue weighted by Gasteiger charge is -2.55. The summed E-state index contributed by atoms with van der Waals surface area (Å²) in [5, 5.41) is 10.2. The van der Waals surface area contributed by atoms with Gasteiger partial charge in [-0.25, -0.2) is 0 Å². The van der Waals surface area contributed by atoms with Gasteiger partial charge in [-0.15, -0.1) is 0 Å².